The van der Waals surface area contributed by atoms with Gasteiger partial charge in [-0.1, -0.05) is 24.3 Å². The first-order valence-corrected chi connectivity index (χ1v) is 8.01. The van der Waals surface area contributed by atoms with Gasteiger partial charge in [-0.05, 0) is 11.1 Å². The molecule has 0 saturated heterocycles. The summed E-state index contributed by atoms with van der Waals surface area (Å²) in [6.45, 7) is -5.25. The Morgan fingerprint density at radius 1 is 0.800 bits per heavy atom. The summed E-state index contributed by atoms with van der Waals surface area (Å²) in [5.74, 6) is -9.26. The Bertz CT molecular complexity index is 690. The molecule has 0 heterocycles. The number of halogens is 8. The minimum atomic E-state index is -4.63. The molecule has 1 rings (SSSR count). The molecule has 14 heteroatoms. The predicted octanol–water partition coefficient (Wildman–Crippen LogP) is 4.45. The van der Waals surface area contributed by atoms with Crippen molar-refractivity contribution in [1.29, 1.82) is 0 Å². The zero-order valence-electron chi connectivity index (χ0n) is 14.9. The van der Waals surface area contributed by atoms with Crippen LogP contribution in [0.5, 0.6) is 0 Å². The van der Waals surface area contributed by atoms with Crippen LogP contribution < -0.4 is 0 Å². The summed E-state index contributed by atoms with van der Waals surface area (Å²) in [4.78, 5) is 22.2. The monoisotopic (exact) mass is 452 g/mol. The van der Waals surface area contributed by atoms with Crippen molar-refractivity contribution >= 4 is 12.2 Å². The van der Waals surface area contributed by atoms with Crippen LogP contribution in [0.25, 0.3) is 0 Å². The highest BCUT2D eigenvalue weighted by atomic mass is 19.3. The van der Waals surface area contributed by atoms with Gasteiger partial charge in [0.05, 0.1) is 13.1 Å². The van der Waals surface area contributed by atoms with Crippen molar-refractivity contribution in [2.75, 3.05) is 13.1 Å². The van der Waals surface area contributed by atoms with Crippen LogP contribution in [0.1, 0.15) is 11.1 Å². The van der Waals surface area contributed by atoms with E-state index < -0.39 is 63.1 Å². The van der Waals surface area contributed by atoms with Crippen molar-refractivity contribution in [2.45, 2.75) is 37.8 Å². The van der Waals surface area contributed by atoms with Crippen LogP contribution in [0.15, 0.2) is 24.3 Å². The number of hydrogen-bond donors (Lipinski definition) is 2. The van der Waals surface area contributed by atoms with Crippen molar-refractivity contribution < 1.29 is 54.9 Å². The molecule has 0 bridgehead atoms. The molecule has 0 aliphatic rings. The summed E-state index contributed by atoms with van der Waals surface area (Å²) < 4.78 is 102. The van der Waals surface area contributed by atoms with Crippen molar-refractivity contribution in [3.05, 3.63) is 35.4 Å². The molecule has 0 aromatic heterocycles. The molecule has 1 aromatic rings. The van der Waals surface area contributed by atoms with Crippen molar-refractivity contribution in [3.8, 4) is 0 Å². The fourth-order valence-corrected chi connectivity index (χ4v) is 2.30. The summed E-state index contributed by atoms with van der Waals surface area (Å²) in [5.41, 5.74) is -0.100. The Balaban J connectivity index is 2.99. The van der Waals surface area contributed by atoms with Gasteiger partial charge in [0, 0.05) is 13.1 Å². The Kier molecular flexibility index (Phi) is 8.25. The SMILES string of the molecule is O=C(O)N(Cc1cccc(CN(CC(F)(F)C(F)F)C(=O)O)c1)CC(F)(F)C(F)F. The molecule has 1 aromatic carbocycles. The molecular weight excluding hydrogens is 436 g/mol. The number of alkyl halides is 8. The van der Waals surface area contributed by atoms with E-state index in [1.807, 2.05) is 0 Å². The molecule has 2 N–H and O–H groups in total. The Morgan fingerprint density at radius 3 is 1.40 bits per heavy atom. The number of carbonyl (C=O) groups is 2. The molecular formula is C16H16F8N2O4. The molecule has 0 spiro atoms. The molecule has 0 aliphatic heterocycles. The van der Waals surface area contributed by atoms with Gasteiger partial charge in [-0.25, -0.2) is 27.2 Å². The molecule has 0 aliphatic carbocycles. The number of hydrogen-bond acceptors (Lipinski definition) is 2. The van der Waals surface area contributed by atoms with Gasteiger partial charge in [0.2, 0.25) is 0 Å². The van der Waals surface area contributed by atoms with E-state index >= 15 is 0 Å². The Hall–Kier alpha value is -2.80. The molecule has 0 atom stereocenters. The van der Waals surface area contributed by atoms with Crippen molar-refractivity contribution in [3.63, 3.8) is 0 Å². The molecule has 6 nitrogen and oxygen atoms in total. The average Bonchev–Trinajstić information content (AvgIpc) is 2.60. The quantitative estimate of drug-likeness (QED) is 0.515. The van der Waals surface area contributed by atoms with E-state index in [0.29, 0.717) is 0 Å². The zero-order valence-corrected chi connectivity index (χ0v) is 14.9. The lowest BCUT2D eigenvalue weighted by Crippen LogP contribution is -2.44. The number of rotatable bonds is 10. The van der Waals surface area contributed by atoms with E-state index in [9.17, 15) is 44.7 Å². The normalized spacial score (nSPS) is 12.3. The maximum absolute atomic E-state index is 13.2. The third-order valence-corrected chi connectivity index (χ3v) is 3.72. The van der Waals surface area contributed by atoms with Gasteiger partial charge in [0.15, 0.2) is 0 Å². The van der Waals surface area contributed by atoms with Crippen molar-refractivity contribution in [2.24, 2.45) is 0 Å². The minimum absolute atomic E-state index is 0.00875. The summed E-state index contributed by atoms with van der Waals surface area (Å²) in [6, 6.07) is 4.63. The highest BCUT2D eigenvalue weighted by Crippen LogP contribution is 2.26. The maximum atomic E-state index is 13.2. The zero-order chi connectivity index (χ0) is 23.3. The lowest BCUT2D eigenvalue weighted by molar-refractivity contribution is -0.139. The van der Waals surface area contributed by atoms with Crippen LogP contribution >= 0.6 is 0 Å². The van der Waals surface area contributed by atoms with Crippen LogP contribution in [0.4, 0.5) is 44.7 Å². The van der Waals surface area contributed by atoms with Gasteiger partial charge in [0.25, 0.3) is 0 Å². The van der Waals surface area contributed by atoms with E-state index in [0.717, 1.165) is 6.07 Å². The summed E-state index contributed by atoms with van der Waals surface area (Å²) in [6.07, 6.45) is -12.1. The third-order valence-electron chi connectivity index (χ3n) is 3.72. The standard InChI is InChI=1S/C16H16F8N2O4/c17-11(18)15(21,22)7-25(13(27)28)5-9-2-1-3-10(4-9)6-26(14(29)30)8-16(23,24)12(19)20/h1-4,11-12H,5-8H2,(H,27,28)(H,29,30). The third kappa shape index (κ3) is 7.22. The number of carboxylic acid groups (broad SMARTS) is 2. The smallest absolute Gasteiger partial charge is 0.407 e. The van der Waals surface area contributed by atoms with Gasteiger partial charge in [0.1, 0.15) is 0 Å². The summed E-state index contributed by atoms with van der Waals surface area (Å²) >= 11 is 0. The fourth-order valence-electron chi connectivity index (χ4n) is 2.30. The number of amides is 2. The molecule has 0 radical (unpaired) electrons. The van der Waals surface area contributed by atoms with E-state index in [-0.39, 0.29) is 20.9 Å². The summed E-state index contributed by atoms with van der Waals surface area (Å²) in [7, 11) is 0. The number of nitrogens with zero attached hydrogens (tertiary/aromatic N) is 2. The van der Waals surface area contributed by atoms with Gasteiger partial charge in [-0.3, -0.25) is 9.80 Å². The van der Waals surface area contributed by atoms with E-state index in [2.05, 4.69) is 0 Å². The van der Waals surface area contributed by atoms with Crippen LogP contribution in [-0.2, 0) is 13.1 Å². The lowest BCUT2D eigenvalue weighted by atomic mass is 10.1. The predicted molar refractivity (Wildman–Crippen MR) is 85.2 cm³/mol. The van der Waals surface area contributed by atoms with Crippen LogP contribution in [0.2, 0.25) is 0 Å². The highest BCUT2D eigenvalue weighted by molar-refractivity contribution is 5.65. The van der Waals surface area contributed by atoms with Gasteiger partial charge < -0.3 is 10.2 Å². The van der Waals surface area contributed by atoms with Crippen molar-refractivity contribution in [1.82, 2.24) is 9.80 Å². The van der Waals surface area contributed by atoms with E-state index in [4.69, 9.17) is 10.2 Å². The molecule has 0 saturated carbocycles. The first-order valence-electron chi connectivity index (χ1n) is 8.01. The Labute approximate surface area is 164 Å². The molecule has 2 amide bonds. The molecule has 0 fully saturated rings. The van der Waals surface area contributed by atoms with Gasteiger partial charge in [-0.15, -0.1) is 0 Å². The second-order valence-corrected chi connectivity index (χ2v) is 6.22. The summed E-state index contributed by atoms with van der Waals surface area (Å²) in [5, 5.41) is 17.9. The topological polar surface area (TPSA) is 81.1 Å². The van der Waals surface area contributed by atoms with E-state index in [1.54, 1.807) is 0 Å². The van der Waals surface area contributed by atoms with Crippen LogP contribution in [-0.4, -0.2) is 70.0 Å². The van der Waals surface area contributed by atoms with E-state index in [1.165, 1.54) is 18.2 Å². The second kappa shape index (κ2) is 9.80. The fraction of sp³-hybridized carbons (Fsp3) is 0.500. The van der Waals surface area contributed by atoms with Gasteiger partial charge >= 0.3 is 36.9 Å². The van der Waals surface area contributed by atoms with Crippen LogP contribution in [0.3, 0.4) is 0 Å². The largest absolute Gasteiger partial charge is 0.465 e. The van der Waals surface area contributed by atoms with Gasteiger partial charge in [-0.2, -0.15) is 17.6 Å². The first-order chi connectivity index (χ1) is 13.7. The average molecular weight is 452 g/mol. The lowest BCUT2D eigenvalue weighted by Gasteiger charge is -2.26. The molecule has 30 heavy (non-hydrogen) atoms. The Morgan fingerprint density at radius 2 is 1.13 bits per heavy atom. The first kappa shape index (κ1) is 25.2. The number of benzene rings is 1. The molecule has 170 valence electrons. The molecule has 0 unspecified atom stereocenters. The highest BCUT2D eigenvalue weighted by Gasteiger charge is 2.44. The maximum Gasteiger partial charge on any atom is 0.407 e. The van der Waals surface area contributed by atoms with Crippen LogP contribution in [0, 0.1) is 0 Å². The second-order valence-electron chi connectivity index (χ2n) is 6.22. The minimum Gasteiger partial charge on any atom is -0.465 e.